The number of carbonyl (C=O) groups is 1. The highest BCUT2D eigenvalue weighted by molar-refractivity contribution is 5.92. The second kappa shape index (κ2) is 9.13. The van der Waals surface area contributed by atoms with Gasteiger partial charge in [0.25, 0.3) is 5.91 Å². The molecular weight excluding hydrogens is 324 g/mol. The van der Waals surface area contributed by atoms with Crippen LogP contribution < -0.4 is 10.6 Å². The van der Waals surface area contributed by atoms with Crippen LogP contribution in [0.5, 0.6) is 0 Å². The Balaban J connectivity index is 1.51. The van der Waals surface area contributed by atoms with Crippen LogP contribution in [0, 0.1) is 6.92 Å². The number of nitrogens with one attached hydrogen (secondary N) is 2. The fraction of sp³-hybridized carbons (Fsp3) is 0.381. The average molecular weight is 350 g/mol. The van der Waals surface area contributed by atoms with Crippen molar-refractivity contribution in [3.05, 3.63) is 65.1 Å². The van der Waals surface area contributed by atoms with E-state index in [-0.39, 0.29) is 5.91 Å². The molecule has 5 nitrogen and oxygen atoms in total. The zero-order chi connectivity index (χ0) is 18.2. The number of benzene rings is 1. The highest BCUT2D eigenvalue weighted by Gasteiger charge is 2.09. The molecule has 0 bridgehead atoms. The van der Waals surface area contributed by atoms with Gasteiger partial charge in [-0.05, 0) is 44.6 Å². The Morgan fingerprint density at radius 1 is 1.19 bits per heavy atom. The highest BCUT2D eigenvalue weighted by Crippen LogP contribution is 2.20. The predicted octanol–water partition coefficient (Wildman–Crippen LogP) is 4.02. The predicted molar refractivity (Wildman–Crippen MR) is 104 cm³/mol. The Hall–Kier alpha value is -2.69. The van der Waals surface area contributed by atoms with Crippen molar-refractivity contribution in [2.45, 2.75) is 45.6 Å². The second-order valence-electron chi connectivity index (χ2n) is 6.75. The number of hydrogen-bond acceptors (Lipinski definition) is 4. The number of nitrogens with zero attached hydrogens (tertiary/aromatic N) is 2. The number of anilines is 1. The summed E-state index contributed by atoms with van der Waals surface area (Å²) in [6.45, 7) is 3.35. The third-order valence-corrected chi connectivity index (χ3v) is 4.57. The van der Waals surface area contributed by atoms with E-state index in [9.17, 15) is 4.79 Å². The molecule has 1 aromatic heterocycles. The van der Waals surface area contributed by atoms with Crippen LogP contribution in [-0.4, -0.2) is 22.4 Å². The van der Waals surface area contributed by atoms with E-state index < -0.39 is 0 Å². The molecule has 136 valence electrons. The summed E-state index contributed by atoms with van der Waals surface area (Å²) in [4.78, 5) is 20.6. The van der Waals surface area contributed by atoms with Crippen LogP contribution in [0.1, 0.15) is 53.7 Å². The van der Waals surface area contributed by atoms with Crippen molar-refractivity contribution in [3.63, 3.8) is 0 Å². The number of carbonyl (C=O) groups excluding carboxylic acids is 1. The maximum absolute atomic E-state index is 12.3. The molecule has 2 aromatic rings. The van der Waals surface area contributed by atoms with Crippen LogP contribution in [0.15, 0.2) is 48.3 Å². The third-order valence-electron chi connectivity index (χ3n) is 4.57. The molecular formula is C21H26N4O. The Morgan fingerprint density at radius 3 is 2.92 bits per heavy atom. The monoisotopic (exact) mass is 350 g/mol. The summed E-state index contributed by atoms with van der Waals surface area (Å²) >= 11 is 0. The summed E-state index contributed by atoms with van der Waals surface area (Å²) in [5, 5.41) is 6.21. The number of aromatic nitrogens is 2. The molecule has 3 rings (SSSR count). The van der Waals surface area contributed by atoms with Crippen molar-refractivity contribution in [1.29, 1.82) is 0 Å². The van der Waals surface area contributed by atoms with Crippen molar-refractivity contribution < 1.29 is 4.79 Å². The van der Waals surface area contributed by atoms with Crippen LogP contribution in [-0.2, 0) is 6.54 Å². The fourth-order valence-electron chi connectivity index (χ4n) is 3.16. The van der Waals surface area contributed by atoms with Gasteiger partial charge in [-0.15, -0.1) is 0 Å². The number of aryl methyl sites for hydroxylation is 1. The van der Waals surface area contributed by atoms with E-state index in [2.05, 4.69) is 32.7 Å². The second-order valence-corrected chi connectivity index (χ2v) is 6.75. The SMILES string of the molecule is Cc1cccc(CNC(=O)c2cc(NCCC3=CCCCC3)ncn2)c1. The first-order chi connectivity index (χ1) is 12.7. The molecule has 0 fully saturated rings. The number of hydrogen-bond donors (Lipinski definition) is 2. The molecule has 2 N–H and O–H groups in total. The lowest BCUT2D eigenvalue weighted by atomic mass is 9.97. The lowest BCUT2D eigenvalue weighted by Gasteiger charge is -2.13. The van der Waals surface area contributed by atoms with Crippen LogP contribution in [0.2, 0.25) is 0 Å². The zero-order valence-electron chi connectivity index (χ0n) is 15.3. The van der Waals surface area contributed by atoms with Gasteiger partial charge >= 0.3 is 0 Å². The molecule has 0 aliphatic heterocycles. The molecule has 26 heavy (non-hydrogen) atoms. The largest absolute Gasteiger partial charge is 0.370 e. The molecule has 0 unspecified atom stereocenters. The number of allylic oxidation sites excluding steroid dienone is 1. The van der Waals surface area contributed by atoms with Gasteiger partial charge in [-0.2, -0.15) is 0 Å². The summed E-state index contributed by atoms with van der Waals surface area (Å²) in [5.41, 5.74) is 4.16. The molecule has 1 aliphatic rings. The van der Waals surface area contributed by atoms with E-state index >= 15 is 0 Å². The first kappa shape index (κ1) is 18.1. The van der Waals surface area contributed by atoms with Gasteiger partial charge in [0.2, 0.25) is 0 Å². The van der Waals surface area contributed by atoms with Crippen LogP contribution in [0.4, 0.5) is 5.82 Å². The molecule has 1 aromatic carbocycles. The van der Waals surface area contributed by atoms with Gasteiger partial charge in [-0.3, -0.25) is 4.79 Å². The van der Waals surface area contributed by atoms with Crippen molar-refractivity contribution in [2.24, 2.45) is 0 Å². The van der Waals surface area contributed by atoms with Crippen molar-refractivity contribution >= 4 is 11.7 Å². The molecule has 5 heteroatoms. The van der Waals surface area contributed by atoms with Gasteiger partial charge in [0.15, 0.2) is 0 Å². The molecule has 0 radical (unpaired) electrons. The quantitative estimate of drug-likeness (QED) is 0.740. The normalized spacial score (nSPS) is 13.8. The summed E-state index contributed by atoms with van der Waals surface area (Å²) in [5.74, 6) is 0.504. The van der Waals surface area contributed by atoms with Gasteiger partial charge in [0, 0.05) is 19.2 Å². The lowest BCUT2D eigenvalue weighted by Crippen LogP contribution is -2.24. The van der Waals surface area contributed by atoms with E-state index in [0.717, 1.165) is 18.5 Å². The van der Waals surface area contributed by atoms with E-state index in [1.165, 1.54) is 43.1 Å². The van der Waals surface area contributed by atoms with Gasteiger partial charge in [-0.25, -0.2) is 9.97 Å². The first-order valence-corrected chi connectivity index (χ1v) is 9.28. The Bertz CT molecular complexity index is 785. The van der Waals surface area contributed by atoms with E-state index in [4.69, 9.17) is 0 Å². The first-order valence-electron chi connectivity index (χ1n) is 9.28. The summed E-state index contributed by atoms with van der Waals surface area (Å²) in [6, 6.07) is 9.80. The number of rotatable bonds is 7. The maximum Gasteiger partial charge on any atom is 0.270 e. The zero-order valence-corrected chi connectivity index (χ0v) is 15.3. The molecule has 0 spiro atoms. The Labute approximate surface area is 155 Å². The maximum atomic E-state index is 12.3. The van der Waals surface area contributed by atoms with Crippen molar-refractivity contribution in [3.8, 4) is 0 Å². The molecule has 0 saturated carbocycles. The molecule has 1 aliphatic carbocycles. The van der Waals surface area contributed by atoms with E-state index in [0.29, 0.717) is 18.1 Å². The lowest BCUT2D eigenvalue weighted by molar-refractivity contribution is 0.0946. The van der Waals surface area contributed by atoms with Crippen molar-refractivity contribution in [2.75, 3.05) is 11.9 Å². The topological polar surface area (TPSA) is 66.9 Å². The van der Waals surface area contributed by atoms with Gasteiger partial charge in [-0.1, -0.05) is 41.5 Å². The van der Waals surface area contributed by atoms with Crippen LogP contribution in [0.25, 0.3) is 0 Å². The van der Waals surface area contributed by atoms with Crippen LogP contribution in [0.3, 0.4) is 0 Å². The summed E-state index contributed by atoms with van der Waals surface area (Å²) in [6.07, 6.45) is 9.83. The Kier molecular flexibility index (Phi) is 6.36. The average Bonchev–Trinajstić information content (AvgIpc) is 2.67. The molecule has 1 amide bonds. The summed E-state index contributed by atoms with van der Waals surface area (Å²) < 4.78 is 0. The molecule has 0 atom stereocenters. The molecule has 1 heterocycles. The van der Waals surface area contributed by atoms with Gasteiger partial charge in [0.05, 0.1) is 0 Å². The van der Waals surface area contributed by atoms with E-state index in [1.807, 2.05) is 25.1 Å². The standard InChI is InChI=1S/C21H26N4O/c1-16-6-5-9-18(12-16)14-23-21(26)19-13-20(25-15-24-19)22-11-10-17-7-3-2-4-8-17/h5-7,9,12-13,15H,2-4,8,10-11,14H2,1H3,(H,23,26)(H,22,24,25). The smallest absolute Gasteiger partial charge is 0.270 e. The minimum absolute atomic E-state index is 0.188. The van der Waals surface area contributed by atoms with Crippen LogP contribution >= 0.6 is 0 Å². The summed E-state index contributed by atoms with van der Waals surface area (Å²) in [7, 11) is 0. The number of amides is 1. The highest BCUT2D eigenvalue weighted by atomic mass is 16.1. The minimum atomic E-state index is -0.188. The Morgan fingerprint density at radius 2 is 2.12 bits per heavy atom. The van der Waals surface area contributed by atoms with Gasteiger partial charge in [0.1, 0.15) is 17.8 Å². The van der Waals surface area contributed by atoms with Gasteiger partial charge < -0.3 is 10.6 Å². The fourth-order valence-corrected chi connectivity index (χ4v) is 3.16. The van der Waals surface area contributed by atoms with Crippen molar-refractivity contribution in [1.82, 2.24) is 15.3 Å². The van der Waals surface area contributed by atoms with E-state index in [1.54, 1.807) is 6.07 Å². The molecule has 0 saturated heterocycles. The minimum Gasteiger partial charge on any atom is -0.370 e. The third kappa shape index (κ3) is 5.41.